The number of piperidine rings is 1. The van der Waals surface area contributed by atoms with Crippen LogP contribution in [-0.2, 0) is 16.4 Å². The van der Waals surface area contributed by atoms with Crippen LogP contribution < -0.4 is 15.4 Å². The zero-order valence-electron chi connectivity index (χ0n) is 16.8. The maximum Gasteiger partial charge on any atom is 0.180 e. The Bertz CT molecular complexity index is 882. The summed E-state index contributed by atoms with van der Waals surface area (Å²) in [6, 6.07) is 16.1. The SMILES string of the molecule is COc1ccc(S(=O)(=O)C(C)C)cc1CNC1CCCNC1c1ccccc1. The number of hydrogen-bond acceptors (Lipinski definition) is 5. The first-order valence-corrected chi connectivity index (χ1v) is 11.4. The fourth-order valence-electron chi connectivity index (χ4n) is 3.70. The van der Waals surface area contributed by atoms with E-state index in [-0.39, 0.29) is 12.1 Å². The summed E-state index contributed by atoms with van der Waals surface area (Å²) in [7, 11) is -1.70. The summed E-state index contributed by atoms with van der Waals surface area (Å²) in [6.45, 7) is 4.97. The molecule has 1 aliphatic rings. The van der Waals surface area contributed by atoms with Gasteiger partial charge in [0, 0.05) is 24.2 Å². The van der Waals surface area contributed by atoms with E-state index in [1.807, 2.05) is 6.07 Å². The maximum absolute atomic E-state index is 12.6. The second-order valence-electron chi connectivity index (χ2n) is 7.54. The normalized spacial score (nSPS) is 20.3. The van der Waals surface area contributed by atoms with E-state index >= 15 is 0 Å². The first kappa shape index (κ1) is 20.8. The molecular weight excluding hydrogens is 372 g/mol. The van der Waals surface area contributed by atoms with E-state index < -0.39 is 15.1 Å². The zero-order chi connectivity index (χ0) is 20.1. The van der Waals surface area contributed by atoms with Gasteiger partial charge in [-0.05, 0) is 57.0 Å². The van der Waals surface area contributed by atoms with Gasteiger partial charge in [-0.1, -0.05) is 30.3 Å². The molecule has 2 aromatic carbocycles. The number of benzene rings is 2. The number of sulfone groups is 1. The molecule has 5 nitrogen and oxygen atoms in total. The lowest BCUT2D eigenvalue weighted by Crippen LogP contribution is -2.45. The Morgan fingerprint density at radius 1 is 1.18 bits per heavy atom. The Morgan fingerprint density at radius 2 is 1.93 bits per heavy atom. The van der Waals surface area contributed by atoms with Crippen molar-refractivity contribution in [3.63, 3.8) is 0 Å². The van der Waals surface area contributed by atoms with Crippen molar-refractivity contribution in [3.8, 4) is 5.75 Å². The summed E-state index contributed by atoms with van der Waals surface area (Å²) in [5.41, 5.74) is 2.13. The average molecular weight is 403 g/mol. The molecule has 0 spiro atoms. The molecule has 2 atom stereocenters. The Kier molecular flexibility index (Phi) is 6.75. The molecule has 3 rings (SSSR count). The van der Waals surface area contributed by atoms with Gasteiger partial charge in [0.2, 0.25) is 0 Å². The molecule has 0 aliphatic carbocycles. The van der Waals surface area contributed by atoms with Crippen molar-refractivity contribution >= 4 is 9.84 Å². The van der Waals surface area contributed by atoms with Gasteiger partial charge in [0.05, 0.1) is 17.3 Å². The highest BCUT2D eigenvalue weighted by atomic mass is 32.2. The average Bonchev–Trinajstić information content (AvgIpc) is 2.72. The molecule has 0 bridgehead atoms. The molecule has 2 aromatic rings. The van der Waals surface area contributed by atoms with Crippen LogP contribution in [0.15, 0.2) is 53.4 Å². The van der Waals surface area contributed by atoms with Gasteiger partial charge >= 0.3 is 0 Å². The third-order valence-electron chi connectivity index (χ3n) is 5.37. The van der Waals surface area contributed by atoms with Crippen LogP contribution in [0.3, 0.4) is 0 Å². The van der Waals surface area contributed by atoms with Crippen molar-refractivity contribution in [1.29, 1.82) is 0 Å². The number of ether oxygens (including phenoxy) is 1. The lowest BCUT2D eigenvalue weighted by atomic mass is 9.92. The minimum absolute atomic E-state index is 0.239. The molecule has 1 fully saturated rings. The van der Waals surface area contributed by atoms with E-state index in [2.05, 4.69) is 34.9 Å². The number of methoxy groups -OCH3 is 1. The van der Waals surface area contributed by atoms with Gasteiger partial charge in [-0.2, -0.15) is 0 Å². The van der Waals surface area contributed by atoms with Gasteiger partial charge < -0.3 is 15.4 Å². The minimum Gasteiger partial charge on any atom is -0.496 e. The minimum atomic E-state index is -3.32. The van der Waals surface area contributed by atoms with Crippen molar-refractivity contribution in [2.24, 2.45) is 0 Å². The van der Waals surface area contributed by atoms with Crippen molar-refractivity contribution in [1.82, 2.24) is 10.6 Å². The molecule has 1 heterocycles. The van der Waals surface area contributed by atoms with Crippen LogP contribution >= 0.6 is 0 Å². The second-order valence-corrected chi connectivity index (χ2v) is 10.0. The van der Waals surface area contributed by atoms with Crippen LogP contribution in [0.2, 0.25) is 0 Å². The molecule has 0 saturated carbocycles. The quantitative estimate of drug-likeness (QED) is 0.742. The van der Waals surface area contributed by atoms with Gasteiger partial charge in [-0.15, -0.1) is 0 Å². The topological polar surface area (TPSA) is 67.4 Å². The zero-order valence-corrected chi connectivity index (χ0v) is 17.6. The monoisotopic (exact) mass is 402 g/mol. The van der Waals surface area contributed by atoms with Crippen molar-refractivity contribution < 1.29 is 13.2 Å². The fraction of sp³-hybridized carbons (Fsp3) is 0.455. The third kappa shape index (κ3) is 4.57. The van der Waals surface area contributed by atoms with Gasteiger partial charge in [0.25, 0.3) is 0 Å². The van der Waals surface area contributed by atoms with Crippen LogP contribution in [0.4, 0.5) is 0 Å². The van der Waals surface area contributed by atoms with E-state index in [0.29, 0.717) is 17.2 Å². The maximum atomic E-state index is 12.6. The number of nitrogens with one attached hydrogen (secondary N) is 2. The van der Waals surface area contributed by atoms with Gasteiger partial charge in [0.1, 0.15) is 5.75 Å². The Hall–Kier alpha value is -1.89. The van der Waals surface area contributed by atoms with E-state index in [9.17, 15) is 8.42 Å². The lowest BCUT2D eigenvalue weighted by molar-refractivity contribution is 0.302. The Morgan fingerprint density at radius 3 is 2.61 bits per heavy atom. The van der Waals surface area contributed by atoms with E-state index in [1.165, 1.54) is 5.56 Å². The molecule has 1 aliphatic heterocycles. The summed E-state index contributed by atoms with van der Waals surface area (Å²) >= 11 is 0. The summed E-state index contributed by atoms with van der Waals surface area (Å²) < 4.78 is 30.6. The smallest absolute Gasteiger partial charge is 0.180 e. The second kappa shape index (κ2) is 9.07. The summed E-state index contributed by atoms with van der Waals surface area (Å²) in [5.74, 6) is 0.704. The molecule has 0 aromatic heterocycles. The molecule has 28 heavy (non-hydrogen) atoms. The Labute approximate surface area is 168 Å². The lowest BCUT2D eigenvalue weighted by Gasteiger charge is -2.34. The molecule has 152 valence electrons. The van der Waals surface area contributed by atoms with Crippen LogP contribution in [0.25, 0.3) is 0 Å². The molecule has 2 N–H and O–H groups in total. The van der Waals surface area contributed by atoms with Crippen molar-refractivity contribution in [2.45, 2.75) is 55.5 Å². The highest BCUT2D eigenvalue weighted by Crippen LogP contribution is 2.27. The van der Waals surface area contributed by atoms with Gasteiger partial charge in [-0.25, -0.2) is 8.42 Å². The van der Waals surface area contributed by atoms with Crippen LogP contribution in [0.1, 0.15) is 43.9 Å². The van der Waals surface area contributed by atoms with Crippen molar-refractivity contribution in [2.75, 3.05) is 13.7 Å². The number of rotatable bonds is 7. The van der Waals surface area contributed by atoms with E-state index in [0.717, 1.165) is 24.9 Å². The molecule has 2 unspecified atom stereocenters. The molecule has 0 radical (unpaired) electrons. The van der Waals surface area contributed by atoms with Crippen LogP contribution in [0.5, 0.6) is 5.75 Å². The Balaban J connectivity index is 1.80. The molecular formula is C22H30N2O3S. The van der Waals surface area contributed by atoms with Crippen LogP contribution in [-0.4, -0.2) is 33.4 Å². The number of hydrogen-bond donors (Lipinski definition) is 2. The standard InChI is InChI=1S/C22H30N2O3S/c1-16(2)28(25,26)19-11-12-21(27-3)18(14-19)15-24-20-10-7-13-23-22(20)17-8-5-4-6-9-17/h4-6,8-9,11-12,14,16,20,22-24H,7,10,13,15H2,1-3H3. The molecule has 0 amide bonds. The highest BCUT2D eigenvalue weighted by molar-refractivity contribution is 7.92. The molecule has 6 heteroatoms. The molecule has 1 saturated heterocycles. The summed E-state index contributed by atoms with van der Waals surface area (Å²) in [5, 5.41) is 6.79. The van der Waals surface area contributed by atoms with E-state index in [4.69, 9.17) is 4.74 Å². The third-order valence-corrected chi connectivity index (χ3v) is 7.53. The largest absolute Gasteiger partial charge is 0.496 e. The predicted molar refractivity (Wildman–Crippen MR) is 112 cm³/mol. The van der Waals surface area contributed by atoms with Gasteiger partial charge in [-0.3, -0.25) is 0 Å². The highest BCUT2D eigenvalue weighted by Gasteiger charge is 2.26. The van der Waals surface area contributed by atoms with Gasteiger partial charge in [0.15, 0.2) is 9.84 Å². The predicted octanol–water partition coefficient (Wildman–Crippen LogP) is 3.46. The first-order valence-electron chi connectivity index (χ1n) is 9.86. The van der Waals surface area contributed by atoms with E-state index in [1.54, 1.807) is 39.2 Å². The van der Waals surface area contributed by atoms with Crippen LogP contribution in [0, 0.1) is 0 Å². The first-order chi connectivity index (χ1) is 13.4. The summed E-state index contributed by atoms with van der Waals surface area (Å²) in [6.07, 6.45) is 2.18. The van der Waals surface area contributed by atoms with Crippen molar-refractivity contribution in [3.05, 3.63) is 59.7 Å². The summed E-state index contributed by atoms with van der Waals surface area (Å²) in [4.78, 5) is 0.349. The fourth-order valence-corrected chi connectivity index (χ4v) is 4.81.